The van der Waals surface area contributed by atoms with Gasteiger partial charge in [0.1, 0.15) is 0 Å². The van der Waals surface area contributed by atoms with Crippen molar-refractivity contribution in [2.45, 2.75) is 32.2 Å². The Morgan fingerprint density at radius 2 is 2.30 bits per heavy atom. The average Bonchev–Trinajstić information content (AvgIpc) is 2.97. The highest BCUT2D eigenvalue weighted by Crippen LogP contribution is 2.15. The molecule has 112 valence electrons. The molecule has 1 fully saturated rings. The predicted octanol–water partition coefficient (Wildman–Crippen LogP) is 1.03. The van der Waals surface area contributed by atoms with Crippen LogP contribution in [0.1, 0.15) is 25.5 Å². The van der Waals surface area contributed by atoms with Gasteiger partial charge in [-0.3, -0.25) is 4.98 Å². The molecule has 1 aliphatic heterocycles. The van der Waals surface area contributed by atoms with Gasteiger partial charge in [-0.15, -0.1) is 0 Å². The maximum atomic E-state index is 12.6. The Kier molecular flexibility index (Phi) is 5.51. The van der Waals surface area contributed by atoms with E-state index >= 15 is 0 Å². The molecule has 0 spiro atoms. The molecule has 1 aliphatic rings. The Morgan fingerprint density at radius 3 is 2.90 bits per heavy atom. The molecule has 1 unspecified atom stereocenters. The lowest BCUT2D eigenvalue weighted by atomic mass is 10.2. The summed E-state index contributed by atoms with van der Waals surface area (Å²) < 4.78 is 26.8. The molecular formula is C14H23N3O2S. The fraction of sp³-hybridized carbons (Fsp3) is 0.643. The molecular weight excluding hydrogens is 274 g/mol. The van der Waals surface area contributed by atoms with Gasteiger partial charge in [0.15, 0.2) is 0 Å². The number of hydrogen-bond acceptors (Lipinski definition) is 4. The molecule has 1 saturated heterocycles. The van der Waals surface area contributed by atoms with Gasteiger partial charge in [-0.1, -0.05) is 13.0 Å². The molecule has 2 rings (SSSR count). The van der Waals surface area contributed by atoms with Crippen LogP contribution in [0.25, 0.3) is 0 Å². The highest BCUT2D eigenvalue weighted by atomic mass is 32.2. The number of nitrogens with zero attached hydrogens (tertiary/aromatic N) is 2. The molecule has 6 heteroatoms. The molecule has 0 amide bonds. The van der Waals surface area contributed by atoms with Crippen LogP contribution >= 0.6 is 0 Å². The Balaban J connectivity index is 2.02. The summed E-state index contributed by atoms with van der Waals surface area (Å²) in [6.07, 6.45) is 3.93. The largest absolute Gasteiger partial charge is 0.315 e. The summed E-state index contributed by atoms with van der Waals surface area (Å²) in [7, 11) is -3.21. The normalized spacial score (nSPS) is 19.6. The van der Waals surface area contributed by atoms with Gasteiger partial charge in [0.2, 0.25) is 10.0 Å². The molecule has 2 heterocycles. The molecule has 0 saturated carbocycles. The first-order valence-electron chi connectivity index (χ1n) is 7.23. The molecule has 20 heavy (non-hydrogen) atoms. The van der Waals surface area contributed by atoms with E-state index in [1.54, 1.807) is 10.5 Å². The van der Waals surface area contributed by atoms with E-state index in [2.05, 4.69) is 10.3 Å². The minimum Gasteiger partial charge on any atom is -0.315 e. The second kappa shape index (κ2) is 7.15. The van der Waals surface area contributed by atoms with E-state index in [-0.39, 0.29) is 11.8 Å². The summed E-state index contributed by atoms with van der Waals surface area (Å²) in [5.41, 5.74) is 0.831. The van der Waals surface area contributed by atoms with E-state index in [0.717, 1.165) is 31.6 Å². The van der Waals surface area contributed by atoms with Crippen molar-refractivity contribution in [3.63, 3.8) is 0 Å². The van der Waals surface area contributed by atoms with E-state index in [1.807, 2.05) is 25.1 Å². The second-order valence-corrected chi connectivity index (χ2v) is 7.19. The number of nitrogens with one attached hydrogen (secondary N) is 1. The van der Waals surface area contributed by atoms with Gasteiger partial charge in [-0.05, 0) is 31.5 Å². The zero-order valence-electron chi connectivity index (χ0n) is 12.0. The molecule has 0 aliphatic carbocycles. The fourth-order valence-corrected chi connectivity index (χ4v) is 4.35. The van der Waals surface area contributed by atoms with Crippen molar-refractivity contribution in [3.05, 3.63) is 30.1 Å². The zero-order chi connectivity index (χ0) is 14.4. The second-order valence-electron chi connectivity index (χ2n) is 5.14. The van der Waals surface area contributed by atoms with Crippen LogP contribution in [-0.4, -0.2) is 49.1 Å². The van der Waals surface area contributed by atoms with Gasteiger partial charge in [-0.2, -0.15) is 4.31 Å². The van der Waals surface area contributed by atoms with Crippen LogP contribution in [0.15, 0.2) is 24.4 Å². The summed E-state index contributed by atoms with van der Waals surface area (Å²) in [6, 6.07) is 5.71. The topological polar surface area (TPSA) is 62.3 Å². The maximum absolute atomic E-state index is 12.6. The Morgan fingerprint density at radius 1 is 1.45 bits per heavy atom. The van der Waals surface area contributed by atoms with E-state index in [0.29, 0.717) is 13.0 Å². The average molecular weight is 297 g/mol. The van der Waals surface area contributed by atoms with Crippen LogP contribution in [0.4, 0.5) is 0 Å². The van der Waals surface area contributed by atoms with Gasteiger partial charge in [-0.25, -0.2) is 8.42 Å². The van der Waals surface area contributed by atoms with Crippen LogP contribution in [0.2, 0.25) is 0 Å². The van der Waals surface area contributed by atoms with Gasteiger partial charge in [0.05, 0.1) is 5.75 Å². The number of hydrogen-bond donors (Lipinski definition) is 1. The highest BCUT2D eigenvalue weighted by molar-refractivity contribution is 7.89. The standard InChI is InChI=1S/C14H23N3O2S/c1-2-10-17(14-6-9-15-12-14)20(18,19)11-7-13-5-3-4-8-16-13/h3-5,8,14-15H,2,6-7,9-12H2,1H3. The fourth-order valence-electron chi connectivity index (χ4n) is 2.55. The van der Waals surface area contributed by atoms with E-state index in [4.69, 9.17) is 0 Å². The summed E-state index contributed by atoms with van der Waals surface area (Å²) in [5, 5.41) is 3.24. The monoisotopic (exact) mass is 297 g/mol. The molecule has 1 aromatic rings. The first-order valence-corrected chi connectivity index (χ1v) is 8.84. The SMILES string of the molecule is CCCN(C1CCNC1)S(=O)(=O)CCc1ccccn1. The van der Waals surface area contributed by atoms with E-state index in [1.165, 1.54) is 0 Å². The smallest absolute Gasteiger partial charge is 0.214 e. The maximum Gasteiger partial charge on any atom is 0.214 e. The van der Waals surface area contributed by atoms with Crippen molar-refractivity contribution < 1.29 is 8.42 Å². The van der Waals surface area contributed by atoms with Crippen molar-refractivity contribution in [1.29, 1.82) is 0 Å². The minimum atomic E-state index is -3.21. The molecule has 0 bridgehead atoms. The molecule has 0 radical (unpaired) electrons. The quantitative estimate of drug-likeness (QED) is 0.816. The van der Waals surface area contributed by atoms with Crippen molar-refractivity contribution in [2.75, 3.05) is 25.4 Å². The van der Waals surface area contributed by atoms with Crippen molar-refractivity contribution >= 4 is 10.0 Å². The van der Waals surface area contributed by atoms with Crippen LogP contribution in [0, 0.1) is 0 Å². The van der Waals surface area contributed by atoms with Crippen molar-refractivity contribution in [1.82, 2.24) is 14.6 Å². The Bertz CT molecular complexity index is 498. The number of sulfonamides is 1. The highest BCUT2D eigenvalue weighted by Gasteiger charge is 2.30. The first kappa shape index (κ1) is 15.4. The minimum absolute atomic E-state index is 0.115. The van der Waals surface area contributed by atoms with Gasteiger partial charge < -0.3 is 5.32 Å². The number of rotatable bonds is 7. The van der Waals surface area contributed by atoms with Gasteiger partial charge in [0, 0.05) is 37.4 Å². The van der Waals surface area contributed by atoms with E-state index < -0.39 is 10.0 Å². The molecule has 1 N–H and O–H groups in total. The summed E-state index contributed by atoms with van der Waals surface area (Å²) in [4.78, 5) is 4.19. The molecule has 5 nitrogen and oxygen atoms in total. The van der Waals surface area contributed by atoms with Gasteiger partial charge in [0.25, 0.3) is 0 Å². The summed E-state index contributed by atoms with van der Waals surface area (Å²) >= 11 is 0. The van der Waals surface area contributed by atoms with Crippen LogP contribution < -0.4 is 5.32 Å². The Hall–Kier alpha value is -0.980. The number of aromatic nitrogens is 1. The number of pyridine rings is 1. The summed E-state index contributed by atoms with van der Waals surface area (Å²) in [5.74, 6) is 0.139. The van der Waals surface area contributed by atoms with Crippen LogP contribution in [0.5, 0.6) is 0 Å². The van der Waals surface area contributed by atoms with Crippen molar-refractivity contribution in [3.8, 4) is 0 Å². The third-order valence-electron chi connectivity index (χ3n) is 3.59. The molecule has 0 aromatic carbocycles. The molecule has 1 aromatic heterocycles. The zero-order valence-corrected chi connectivity index (χ0v) is 12.8. The third-order valence-corrected chi connectivity index (χ3v) is 5.50. The molecule has 1 atom stereocenters. The van der Waals surface area contributed by atoms with Gasteiger partial charge >= 0.3 is 0 Å². The van der Waals surface area contributed by atoms with Crippen molar-refractivity contribution in [2.24, 2.45) is 0 Å². The predicted molar refractivity (Wildman–Crippen MR) is 80.0 cm³/mol. The first-order chi connectivity index (χ1) is 9.63. The van der Waals surface area contributed by atoms with E-state index in [9.17, 15) is 8.42 Å². The summed E-state index contributed by atoms with van der Waals surface area (Å²) in [6.45, 7) is 4.30. The lowest BCUT2D eigenvalue weighted by molar-refractivity contribution is 0.335. The third kappa shape index (κ3) is 4.01. The lowest BCUT2D eigenvalue weighted by Gasteiger charge is -2.27. The number of aryl methyl sites for hydroxylation is 1. The lowest BCUT2D eigenvalue weighted by Crippen LogP contribution is -2.43. The Labute approximate surface area is 121 Å². The van der Waals surface area contributed by atoms with Crippen LogP contribution in [0.3, 0.4) is 0 Å². The van der Waals surface area contributed by atoms with Crippen LogP contribution in [-0.2, 0) is 16.4 Å².